The highest BCUT2D eigenvalue weighted by Gasteiger charge is 2.29. The number of hydrogen-bond acceptors (Lipinski definition) is 0. The molecule has 78 valence electrons. The van der Waals surface area contributed by atoms with Crippen molar-refractivity contribution in [2.45, 2.75) is 40.0 Å². The Kier molecular flexibility index (Phi) is 3.36. The highest BCUT2D eigenvalue weighted by molar-refractivity contribution is 5.24. The zero-order valence-corrected chi connectivity index (χ0v) is 10.0. The van der Waals surface area contributed by atoms with Crippen LogP contribution < -0.4 is 0 Å². The summed E-state index contributed by atoms with van der Waals surface area (Å²) in [5.74, 6) is 1.43. The van der Waals surface area contributed by atoms with E-state index in [2.05, 4.69) is 65.0 Å². The molecular formula is C14H22. The Morgan fingerprint density at radius 3 is 1.86 bits per heavy atom. The lowest BCUT2D eigenvalue weighted by Crippen LogP contribution is -2.30. The molecule has 1 rings (SSSR count). The second-order valence-electron chi connectivity index (χ2n) is 5.12. The zero-order valence-electron chi connectivity index (χ0n) is 10.0. The molecule has 0 amide bonds. The fraction of sp³-hybridized carbons (Fsp3) is 0.571. The highest BCUT2D eigenvalue weighted by atomic mass is 14.3. The third-order valence-electron chi connectivity index (χ3n) is 3.66. The summed E-state index contributed by atoms with van der Waals surface area (Å²) in [6.07, 6.45) is 0. The summed E-state index contributed by atoms with van der Waals surface area (Å²) in [6.45, 7) is 11.6. The third-order valence-corrected chi connectivity index (χ3v) is 3.66. The average molecular weight is 190 g/mol. The van der Waals surface area contributed by atoms with Crippen molar-refractivity contribution in [3.8, 4) is 0 Å². The monoisotopic (exact) mass is 190 g/mol. The first-order chi connectivity index (χ1) is 6.46. The Morgan fingerprint density at radius 1 is 0.929 bits per heavy atom. The van der Waals surface area contributed by atoms with Crippen molar-refractivity contribution in [2.75, 3.05) is 0 Å². The van der Waals surface area contributed by atoms with Gasteiger partial charge < -0.3 is 0 Å². The van der Waals surface area contributed by atoms with Crippen LogP contribution in [0.2, 0.25) is 0 Å². The van der Waals surface area contributed by atoms with Gasteiger partial charge in [0.15, 0.2) is 0 Å². The molecule has 1 aromatic rings. The standard InChI is InChI=1S/C14H22/c1-11(2)12(3)14(4,5)13-9-7-6-8-10-13/h6-12H,1-5H3. The van der Waals surface area contributed by atoms with Crippen LogP contribution in [0.1, 0.15) is 40.2 Å². The minimum atomic E-state index is 0.273. The second kappa shape index (κ2) is 4.16. The summed E-state index contributed by atoms with van der Waals surface area (Å²) in [5.41, 5.74) is 1.72. The van der Waals surface area contributed by atoms with Crippen molar-refractivity contribution >= 4 is 0 Å². The Hall–Kier alpha value is -0.780. The minimum Gasteiger partial charge on any atom is -0.0625 e. The summed E-state index contributed by atoms with van der Waals surface area (Å²) in [6, 6.07) is 10.8. The van der Waals surface area contributed by atoms with Crippen LogP contribution in [-0.4, -0.2) is 0 Å². The van der Waals surface area contributed by atoms with E-state index in [0.717, 1.165) is 5.92 Å². The summed E-state index contributed by atoms with van der Waals surface area (Å²) < 4.78 is 0. The quantitative estimate of drug-likeness (QED) is 0.668. The van der Waals surface area contributed by atoms with E-state index in [1.54, 1.807) is 0 Å². The average Bonchev–Trinajstić information content (AvgIpc) is 2.18. The molecule has 1 aromatic carbocycles. The highest BCUT2D eigenvalue weighted by Crippen LogP contribution is 2.35. The van der Waals surface area contributed by atoms with Gasteiger partial charge in [0.05, 0.1) is 0 Å². The molecule has 0 heterocycles. The van der Waals surface area contributed by atoms with Crippen molar-refractivity contribution in [1.29, 1.82) is 0 Å². The van der Waals surface area contributed by atoms with Crippen LogP contribution in [-0.2, 0) is 5.41 Å². The lowest BCUT2D eigenvalue weighted by molar-refractivity contribution is 0.264. The molecule has 0 saturated heterocycles. The second-order valence-corrected chi connectivity index (χ2v) is 5.12. The molecule has 0 saturated carbocycles. The third kappa shape index (κ3) is 2.17. The van der Waals surface area contributed by atoms with E-state index < -0.39 is 0 Å². The van der Waals surface area contributed by atoms with Crippen LogP contribution >= 0.6 is 0 Å². The number of rotatable bonds is 3. The smallest absolute Gasteiger partial charge is 0.00755 e. The first kappa shape index (κ1) is 11.3. The molecule has 0 spiro atoms. The lowest BCUT2D eigenvalue weighted by Gasteiger charge is -2.35. The fourth-order valence-electron chi connectivity index (χ4n) is 1.96. The fourth-order valence-corrected chi connectivity index (χ4v) is 1.96. The van der Waals surface area contributed by atoms with Crippen LogP contribution in [0, 0.1) is 11.8 Å². The van der Waals surface area contributed by atoms with Crippen LogP contribution in [0.25, 0.3) is 0 Å². The van der Waals surface area contributed by atoms with Gasteiger partial charge in [0.2, 0.25) is 0 Å². The van der Waals surface area contributed by atoms with Crippen LogP contribution in [0.3, 0.4) is 0 Å². The summed E-state index contributed by atoms with van der Waals surface area (Å²) in [5, 5.41) is 0. The number of benzene rings is 1. The molecule has 0 N–H and O–H groups in total. The van der Waals surface area contributed by atoms with E-state index in [1.807, 2.05) is 0 Å². The molecule has 0 aliphatic rings. The molecule has 0 aliphatic heterocycles. The van der Waals surface area contributed by atoms with E-state index in [-0.39, 0.29) is 5.41 Å². The lowest BCUT2D eigenvalue weighted by atomic mass is 9.70. The van der Waals surface area contributed by atoms with E-state index in [1.165, 1.54) is 5.56 Å². The molecule has 0 fully saturated rings. The van der Waals surface area contributed by atoms with Crippen molar-refractivity contribution in [1.82, 2.24) is 0 Å². The Labute approximate surface area is 88.4 Å². The maximum Gasteiger partial charge on any atom is -0.00755 e. The normalized spacial score (nSPS) is 14.4. The molecule has 14 heavy (non-hydrogen) atoms. The van der Waals surface area contributed by atoms with Gasteiger partial charge in [-0.3, -0.25) is 0 Å². The topological polar surface area (TPSA) is 0 Å². The first-order valence-electron chi connectivity index (χ1n) is 5.51. The van der Waals surface area contributed by atoms with Gasteiger partial charge in [-0.25, -0.2) is 0 Å². The van der Waals surface area contributed by atoms with Gasteiger partial charge in [0.25, 0.3) is 0 Å². The van der Waals surface area contributed by atoms with Gasteiger partial charge >= 0.3 is 0 Å². The van der Waals surface area contributed by atoms with Crippen LogP contribution in [0.4, 0.5) is 0 Å². The van der Waals surface area contributed by atoms with Gasteiger partial charge in [-0.2, -0.15) is 0 Å². The minimum absolute atomic E-state index is 0.273. The van der Waals surface area contributed by atoms with E-state index in [9.17, 15) is 0 Å². The predicted molar refractivity (Wildman–Crippen MR) is 63.5 cm³/mol. The Balaban J connectivity index is 2.96. The van der Waals surface area contributed by atoms with E-state index >= 15 is 0 Å². The first-order valence-corrected chi connectivity index (χ1v) is 5.51. The molecular weight excluding hydrogens is 168 g/mol. The van der Waals surface area contributed by atoms with Gasteiger partial charge in [0.1, 0.15) is 0 Å². The summed E-state index contributed by atoms with van der Waals surface area (Å²) in [4.78, 5) is 0. The molecule has 0 aromatic heterocycles. The molecule has 1 atom stereocenters. The molecule has 0 heteroatoms. The van der Waals surface area contributed by atoms with Crippen LogP contribution in [0.5, 0.6) is 0 Å². The summed E-state index contributed by atoms with van der Waals surface area (Å²) >= 11 is 0. The van der Waals surface area contributed by atoms with E-state index in [0.29, 0.717) is 5.92 Å². The van der Waals surface area contributed by atoms with Crippen molar-refractivity contribution in [3.63, 3.8) is 0 Å². The van der Waals surface area contributed by atoms with Gasteiger partial charge in [-0.05, 0) is 22.8 Å². The van der Waals surface area contributed by atoms with Crippen LogP contribution in [0.15, 0.2) is 30.3 Å². The van der Waals surface area contributed by atoms with Gasteiger partial charge in [-0.1, -0.05) is 65.0 Å². The van der Waals surface area contributed by atoms with Gasteiger partial charge in [0, 0.05) is 0 Å². The molecule has 0 nitrogen and oxygen atoms in total. The van der Waals surface area contributed by atoms with Gasteiger partial charge in [-0.15, -0.1) is 0 Å². The van der Waals surface area contributed by atoms with E-state index in [4.69, 9.17) is 0 Å². The Bertz CT molecular complexity index is 269. The van der Waals surface area contributed by atoms with Crippen molar-refractivity contribution < 1.29 is 0 Å². The maximum absolute atomic E-state index is 2.34. The molecule has 0 bridgehead atoms. The molecule has 0 aliphatic carbocycles. The summed E-state index contributed by atoms with van der Waals surface area (Å²) in [7, 11) is 0. The Morgan fingerprint density at radius 2 is 1.43 bits per heavy atom. The SMILES string of the molecule is CC(C)C(C)C(C)(C)c1ccccc1. The number of hydrogen-bond donors (Lipinski definition) is 0. The molecule has 0 radical (unpaired) electrons. The molecule has 1 unspecified atom stereocenters. The largest absolute Gasteiger partial charge is 0.0625 e. The van der Waals surface area contributed by atoms with Crippen molar-refractivity contribution in [2.24, 2.45) is 11.8 Å². The van der Waals surface area contributed by atoms with Crippen molar-refractivity contribution in [3.05, 3.63) is 35.9 Å². The maximum atomic E-state index is 2.34. The zero-order chi connectivity index (χ0) is 10.8. The predicted octanol–water partition coefficient (Wildman–Crippen LogP) is 4.26.